The van der Waals surface area contributed by atoms with Crippen LogP contribution in [0.1, 0.15) is 204 Å². The van der Waals surface area contributed by atoms with Crippen molar-refractivity contribution in [3.8, 4) is 0 Å². The Balaban J connectivity index is 1.05. The van der Waals surface area contributed by atoms with Gasteiger partial charge in [-0.1, -0.05) is 156 Å². The van der Waals surface area contributed by atoms with Crippen molar-refractivity contribution < 1.29 is 62.3 Å². The molecule has 0 aliphatic carbocycles. The third kappa shape index (κ3) is 39.3. The molecule has 0 unspecified atom stereocenters. The zero-order valence-corrected chi connectivity index (χ0v) is 75.5. The Morgan fingerprint density at radius 1 is 0.528 bits per heavy atom. The molecule has 3 heterocycles. The number of nitrogens with one attached hydrogen (secondary N) is 14. The molecule has 2 fully saturated rings. The van der Waals surface area contributed by atoms with Crippen molar-refractivity contribution in [2.24, 2.45) is 34.0 Å². The molecule has 10 atom stereocenters. The second-order valence-corrected chi connectivity index (χ2v) is 33.9. The van der Waals surface area contributed by atoms with Gasteiger partial charge in [-0.25, -0.2) is 0 Å². The molecule has 0 bridgehead atoms. The van der Waals surface area contributed by atoms with E-state index >= 15 is 19.2 Å². The van der Waals surface area contributed by atoms with Gasteiger partial charge in [0.2, 0.25) is 70.9 Å². The number of primary amides is 1. The van der Waals surface area contributed by atoms with E-state index in [9.17, 15) is 43.2 Å². The molecule has 22 N–H and O–H groups in total. The molecule has 4 aromatic rings. The Bertz CT molecular complexity index is 4210. The highest BCUT2D eigenvalue weighted by atomic mass is 32.2. The zero-order valence-electron chi connectivity index (χ0n) is 74.6. The van der Waals surface area contributed by atoms with Crippen molar-refractivity contribution in [2.75, 3.05) is 64.4 Å². The molecule has 0 saturated carbocycles. The van der Waals surface area contributed by atoms with Gasteiger partial charge in [-0.2, -0.15) is 16.9 Å². The number of hydrazone groups is 1. The SMILES string of the molecule is CCCCC/C=C\C/C=C\CCCCCCCC(=O)NCCCNC(=O)/C=N/NCC(=O)NCCCC[C@H](NC(=O)[C@@H](NC(=O)[C@@H]1CCCN1C(=O)[C@H](CCCCN)NC(=O)[C@H](Cc1ccccc1)NC(=O)[C@@H](Cc1c[nH]c2ccccc12)NC(=O)[C@H](CCCNC(=N)N)NC(=O)[C@@H](Cc1ccccc1)NC(=O)[C@@H]1CCCN1C(=O)[C@@H](N)CCSC)C(C)C)C(N)=O. The molecule has 0 spiro atoms. The van der Waals surface area contributed by atoms with Crippen LogP contribution in [0, 0.1) is 11.3 Å². The average molecular weight is 1780 g/mol. The normalized spacial score (nSPS) is 15.7. The van der Waals surface area contributed by atoms with Crippen molar-refractivity contribution in [2.45, 2.75) is 267 Å². The van der Waals surface area contributed by atoms with E-state index < -0.39 is 131 Å². The van der Waals surface area contributed by atoms with Crippen LogP contribution in [0.15, 0.2) is 121 Å². The number of aromatic amines is 1. The standard InChI is InChI=1S/C92H141N21O13S/c1-5-6-7-8-9-10-11-12-13-14-15-16-17-18-25-47-78(114)98-52-35-53-100-80(116)62-104-103-61-79(115)99-50-31-29-42-70(82(95)117)105-89(124)81(63(2)3)111-88(123)77-46-34-55-113(77)91(126)72(43-28-30-49-93)107-85(120)73(57-64-36-21-19-22-37-64)108-86(121)75(59-66-60-102-69-41-27-26-40-67(66)69)109-83(118)71(44-32-51-101-92(96)97)106-84(119)74(58-65-38-23-20-24-39-65)110-87(122)76-45-33-54-112(76)90(125)68(94)48-56-127-4/h9-10,12-13,19-24,26-27,36-41,60,62-63,68,70-77,81,102-103H,5-8,11,14-18,25,28-35,42-59,61,93-94H2,1-4H3,(H2,95,117)(H,98,114)(H,99,115)(H,100,116)(H,105,124)(H,106,119)(H,107,120)(H,108,121)(H,109,118)(H,110,122)(H,111,123)(H4,96,97,101)/b10-9-,13-12-,104-62+/t68-,70-,71-,72-,73-,74+,75+,76-,77-,81-/m0/s1. The molecule has 6 rings (SSSR count). The summed E-state index contributed by atoms with van der Waals surface area (Å²) in [5, 5.41) is 43.4. The number of para-hydroxylation sites is 1. The minimum Gasteiger partial charge on any atom is -0.370 e. The number of unbranched alkanes of at least 4 members (excludes halogenated alkanes) is 10. The Morgan fingerprint density at radius 3 is 1.68 bits per heavy atom. The van der Waals surface area contributed by atoms with Gasteiger partial charge >= 0.3 is 0 Å². The van der Waals surface area contributed by atoms with Gasteiger partial charge in [-0.15, -0.1) is 0 Å². The van der Waals surface area contributed by atoms with Gasteiger partial charge in [-0.3, -0.25) is 67.7 Å². The third-order valence-corrected chi connectivity index (χ3v) is 23.0. The van der Waals surface area contributed by atoms with Crippen LogP contribution in [0.2, 0.25) is 0 Å². The van der Waals surface area contributed by atoms with Crippen LogP contribution >= 0.6 is 11.8 Å². The molecule has 2 saturated heterocycles. The molecule has 13 amide bonds. The lowest BCUT2D eigenvalue weighted by molar-refractivity contribution is -0.143. The number of carbonyl (C=O) groups is 13. The molecular formula is C92H141N21O13S. The molecular weight excluding hydrogens is 1640 g/mol. The number of carbonyl (C=O) groups excluding carboxylic acids is 13. The number of thioether (sulfide) groups is 1. The van der Waals surface area contributed by atoms with Crippen LogP contribution in [0.3, 0.4) is 0 Å². The molecule has 698 valence electrons. The number of nitrogens with zero attached hydrogens (tertiary/aromatic N) is 3. The van der Waals surface area contributed by atoms with Gasteiger partial charge in [-0.05, 0) is 176 Å². The van der Waals surface area contributed by atoms with Gasteiger partial charge in [0.1, 0.15) is 67.1 Å². The maximum atomic E-state index is 15.5. The van der Waals surface area contributed by atoms with Crippen LogP contribution in [-0.2, 0) is 81.6 Å². The van der Waals surface area contributed by atoms with Crippen molar-refractivity contribution in [1.29, 1.82) is 5.41 Å². The number of H-pyrrole nitrogens is 1. The Hall–Kier alpha value is -11.2. The summed E-state index contributed by atoms with van der Waals surface area (Å²) >= 11 is 1.54. The predicted octanol–water partition coefficient (Wildman–Crippen LogP) is 4.48. The number of amides is 13. The summed E-state index contributed by atoms with van der Waals surface area (Å²) in [6.45, 7) is 7.03. The van der Waals surface area contributed by atoms with Gasteiger partial charge < -0.3 is 102 Å². The predicted molar refractivity (Wildman–Crippen MR) is 496 cm³/mol. The Morgan fingerprint density at radius 2 is 1.05 bits per heavy atom. The Kier molecular flexibility index (Phi) is 49.2. The fourth-order valence-electron chi connectivity index (χ4n) is 15.2. The molecule has 127 heavy (non-hydrogen) atoms. The first-order valence-corrected chi connectivity index (χ1v) is 46.8. The first-order valence-electron chi connectivity index (χ1n) is 45.4. The number of guanidine groups is 1. The maximum absolute atomic E-state index is 15.5. The fourth-order valence-corrected chi connectivity index (χ4v) is 15.7. The zero-order chi connectivity index (χ0) is 92.1. The summed E-state index contributed by atoms with van der Waals surface area (Å²) in [5.74, 6) is -8.12. The van der Waals surface area contributed by atoms with E-state index in [0.717, 1.165) is 68.5 Å². The highest BCUT2D eigenvalue weighted by Crippen LogP contribution is 2.25. The number of fused-ring (bicyclic) bond motifs is 1. The number of hydrogen-bond acceptors (Lipinski definition) is 19. The smallest absolute Gasteiger partial charge is 0.264 e. The van der Waals surface area contributed by atoms with Gasteiger partial charge in [0.05, 0.1) is 6.04 Å². The average Bonchev–Trinajstić information content (AvgIpc) is 1.71. The summed E-state index contributed by atoms with van der Waals surface area (Å²) < 4.78 is 0. The van der Waals surface area contributed by atoms with Crippen LogP contribution in [0.4, 0.5) is 0 Å². The number of likely N-dealkylation sites (tertiary alicyclic amines) is 2. The minimum atomic E-state index is -1.47. The molecule has 2 aliphatic heterocycles. The summed E-state index contributed by atoms with van der Waals surface area (Å²) in [7, 11) is 0. The van der Waals surface area contributed by atoms with Gasteiger partial charge in [0.25, 0.3) is 5.91 Å². The fraction of sp³-hybridized carbons (Fsp3) is 0.576. The second-order valence-electron chi connectivity index (χ2n) is 32.9. The minimum absolute atomic E-state index is 0.0143. The van der Waals surface area contributed by atoms with Gasteiger partial charge in [0, 0.05) is 82.1 Å². The molecule has 0 radical (unpaired) electrons. The largest absolute Gasteiger partial charge is 0.370 e. The van der Waals surface area contributed by atoms with Crippen LogP contribution < -0.4 is 86.8 Å². The lowest BCUT2D eigenvalue weighted by atomic mass is 10.00. The van der Waals surface area contributed by atoms with E-state index in [1.165, 1.54) is 29.1 Å². The van der Waals surface area contributed by atoms with Crippen LogP contribution in [-0.4, -0.2) is 229 Å². The number of rotatable bonds is 62. The molecule has 3 aromatic carbocycles. The summed E-state index contributed by atoms with van der Waals surface area (Å²) in [6.07, 6.45) is 30.1. The molecule has 34 nitrogen and oxygen atoms in total. The maximum Gasteiger partial charge on any atom is 0.264 e. The first-order chi connectivity index (χ1) is 61.3. The number of allylic oxidation sites excluding steroid dienone is 4. The lowest BCUT2D eigenvalue weighted by Crippen LogP contribution is -2.61. The highest BCUT2D eigenvalue weighted by molar-refractivity contribution is 7.98. The van der Waals surface area contributed by atoms with Gasteiger partial charge in [0.15, 0.2) is 5.96 Å². The van der Waals surface area contributed by atoms with E-state index in [1.54, 1.807) is 92.5 Å². The molecule has 35 heteroatoms. The van der Waals surface area contributed by atoms with Crippen molar-refractivity contribution in [1.82, 2.24) is 78.7 Å². The lowest BCUT2D eigenvalue weighted by Gasteiger charge is -2.32. The monoisotopic (exact) mass is 1780 g/mol. The van der Waals surface area contributed by atoms with E-state index in [-0.39, 0.29) is 102 Å². The van der Waals surface area contributed by atoms with Crippen molar-refractivity contribution in [3.05, 3.63) is 132 Å². The number of benzene rings is 3. The summed E-state index contributed by atoms with van der Waals surface area (Å²) in [5.41, 5.74) is 28.9. The first kappa shape index (κ1) is 105. The number of hydrogen-bond donors (Lipinski definition) is 18. The van der Waals surface area contributed by atoms with Crippen LogP contribution in [0.25, 0.3) is 10.9 Å². The van der Waals surface area contributed by atoms with E-state index in [0.29, 0.717) is 106 Å². The summed E-state index contributed by atoms with van der Waals surface area (Å²) in [6, 6.07) is 12.9. The number of nitrogens with two attached hydrogens (primary N) is 4. The number of aromatic nitrogens is 1. The van der Waals surface area contributed by atoms with E-state index in [4.69, 9.17) is 28.3 Å². The second kappa shape index (κ2) is 59.7. The highest BCUT2D eigenvalue weighted by Gasteiger charge is 2.42. The topological polar surface area (TPSA) is 529 Å². The van der Waals surface area contributed by atoms with Crippen molar-refractivity contribution in [3.63, 3.8) is 0 Å². The summed E-state index contributed by atoms with van der Waals surface area (Å²) in [4.78, 5) is 189. The quantitative estimate of drug-likeness (QED) is 0.00952. The van der Waals surface area contributed by atoms with Crippen LogP contribution in [0.5, 0.6) is 0 Å². The molecule has 1 aromatic heterocycles. The third-order valence-electron chi connectivity index (χ3n) is 22.4. The Labute approximate surface area is 752 Å². The van der Waals surface area contributed by atoms with Crippen molar-refractivity contribution >= 4 is 112 Å². The van der Waals surface area contributed by atoms with E-state index in [1.807, 2.05) is 30.5 Å². The van der Waals surface area contributed by atoms with E-state index in [2.05, 4.69) is 105 Å². The molecule has 2 aliphatic rings.